The van der Waals surface area contributed by atoms with E-state index in [0.717, 1.165) is 33.7 Å². The first-order chi connectivity index (χ1) is 22.3. The molecule has 0 saturated carbocycles. The number of anilines is 1. The lowest BCUT2D eigenvalue weighted by Crippen LogP contribution is -2.29. The van der Waals surface area contributed by atoms with Gasteiger partial charge in [0, 0.05) is 11.3 Å². The molecule has 2 heterocycles. The summed E-state index contributed by atoms with van der Waals surface area (Å²) in [6.45, 7) is 2.22. The fourth-order valence-electron chi connectivity index (χ4n) is 5.36. The van der Waals surface area contributed by atoms with Gasteiger partial charge in [-0.05, 0) is 59.2 Å². The van der Waals surface area contributed by atoms with E-state index in [0.29, 0.717) is 33.8 Å². The van der Waals surface area contributed by atoms with Gasteiger partial charge in [0.25, 0.3) is 5.78 Å². The average Bonchev–Trinajstić information content (AvgIpc) is 3.65. The van der Waals surface area contributed by atoms with Crippen molar-refractivity contribution in [3.8, 4) is 17.2 Å². The summed E-state index contributed by atoms with van der Waals surface area (Å²) < 4.78 is 31.4. The first kappa shape index (κ1) is 31.1. The predicted octanol–water partition coefficient (Wildman–Crippen LogP) is 7.16. The second-order valence-electron chi connectivity index (χ2n) is 10.1. The van der Waals surface area contributed by atoms with E-state index in [1.807, 2.05) is 25.1 Å². The number of carbonyl (C=O) groups is 2. The van der Waals surface area contributed by atoms with Crippen molar-refractivity contribution in [1.29, 1.82) is 0 Å². The highest BCUT2D eigenvalue weighted by atomic mass is 32.2. The van der Waals surface area contributed by atoms with Crippen LogP contribution in [0.5, 0.6) is 17.2 Å². The number of aromatic nitrogens is 2. The van der Waals surface area contributed by atoms with Crippen LogP contribution in [0.2, 0.25) is 0 Å². The van der Waals surface area contributed by atoms with Crippen LogP contribution in [0.15, 0.2) is 88.8 Å². The normalized spacial score (nSPS) is 15.8. The molecule has 234 valence electrons. The molecule has 1 fully saturated rings. The molecule has 0 bridgehead atoms. The highest BCUT2D eigenvalue weighted by molar-refractivity contribution is 8.00. The molecule has 1 unspecified atom stereocenters. The number of ketones is 1. The van der Waals surface area contributed by atoms with Crippen molar-refractivity contribution in [2.45, 2.75) is 23.1 Å². The van der Waals surface area contributed by atoms with Gasteiger partial charge >= 0.3 is 5.91 Å². The van der Waals surface area contributed by atoms with E-state index in [9.17, 15) is 19.1 Å². The Morgan fingerprint density at radius 1 is 0.957 bits per heavy atom. The molecule has 6 rings (SSSR count). The summed E-state index contributed by atoms with van der Waals surface area (Å²) in [5, 5.41) is 22.5. The quantitative estimate of drug-likeness (QED) is 0.0550. The van der Waals surface area contributed by atoms with Gasteiger partial charge < -0.3 is 19.3 Å². The first-order valence-electron chi connectivity index (χ1n) is 14.2. The Kier molecular flexibility index (Phi) is 8.91. The molecule has 1 aromatic heterocycles. The molecule has 1 saturated heterocycles. The van der Waals surface area contributed by atoms with E-state index in [4.69, 9.17) is 14.2 Å². The number of hydrogen-bond donors (Lipinski definition) is 1. The summed E-state index contributed by atoms with van der Waals surface area (Å²) in [6.07, 6.45) is 0. The molecule has 1 atom stereocenters. The highest BCUT2D eigenvalue weighted by Crippen LogP contribution is 2.46. The number of hydrogen-bond acceptors (Lipinski definition) is 10. The van der Waals surface area contributed by atoms with Crippen LogP contribution in [0.1, 0.15) is 29.7 Å². The Morgan fingerprint density at radius 2 is 1.72 bits per heavy atom. The molecule has 4 aromatic carbocycles. The molecule has 1 amide bonds. The highest BCUT2D eigenvalue weighted by Gasteiger charge is 2.48. The molecule has 1 aliphatic heterocycles. The summed E-state index contributed by atoms with van der Waals surface area (Å²) in [4.78, 5) is 28.5. The van der Waals surface area contributed by atoms with Crippen LogP contribution >= 0.6 is 23.1 Å². The number of aliphatic hydroxyl groups excluding tert-OH is 1. The van der Waals surface area contributed by atoms with Gasteiger partial charge in [-0.15, -0.1) is 10.2 Å². The molecule has 0 aliphatic carbocycles. The van der Waals surface area contributed by atoms with Gasteiger partial charge in [0.15, 0.2) is 27.4 Å². The number of carbonyl (C=O) groups excluding carboxylic acids is 2. The van der Waals surface area contributed by atoms with E-state index < -0.39 is 29.3 Å². The zero-order chi connectivity index (χ0) is 32.4. The minimum absolute atomic E-state index is 0.00259. The third-order valence-electron chi connectivity index (χ3n) is 7.51. The van der Waals surface area contributed by atoms with Crippen molar-refractivity contribution in [3.63, 3.8) is 0 Å². The molecule has 5 aromatic rings. The summed E-state index contributed by atoms with van der Waals surface area (Å²) in [5.41, 5.74) is 1.33. The summed E-state index contributed by atoms with van der Waals surface area (Å²) in [7, 11) is 2.79. The van der Waals surface area contributed by atoms with E-state index in [1.54, 1.807) is 18.2 Å². The molecule has 46 heavy (non-hydrogen) atoms. The lowest BCUT2D eigenvalue weighted by molar-refractivity contribution is -0.132. The number of thioether (sulfide) groups is 1. The van der Waals surface area contributed by atoms with E-state index in [-0.39, 0.29) is 22.0 Å². The molecule has 0 radical (unpaired) electrons. The van der Waals surface area contributed by atoms with Crippen LogP contribution in [0.25, 0.3) is 16.5 Å². The number of rotatable bonds is 10. The topological polar surface area (TPSA) is 111 Å². The Balaban J connectivity index is 1.41. The zero-order valence-corrected chi connectivity index (χ0v) is 26.7. The number of Topliss-reactive ketones (excluding diaryl/α,β-unsaturated/α-hetero) is 1. The number of ether oxygens (including phenoxy) is 3. The summed E-state index contributed by atoms with van der Waals surface area (Å²) in [5.74, 6) is -1.74. The van der Waals surface area contributed by atoms with Gasteiger partial charge in [-0.1, -0.05) is 71.6 Å². The van der Waals surface area contributed by atoms with E-state index in [1.165, 1.54) is 43.0 Å². The molecule has 1 aliphatic rings. The molecule has 12 heteroatoms. The number of nitrogens with zero attached hydrogens (tertiary/aromatic N) is 3. The summed E-state index contributed by atoms with van der Waals surface area (Å²) in [6, 6.07) is 21.9. The van der Waals surface area contributed by atoms with Gasteiger partial charge in [0.05, 0.1) is 32.4 Å². The smallest absolute Gasteiger partial charge is 0.301 e. The largest absolute Gasteiger partial charge is 0.507 e. The number of methoxy groups -OCH3 is 2. The van der Waals surface area contributed by atoms with Crippen molar-refractivity contribution in [2.75, 3.05) is 25.7 Å². The van der Waals surface area contributed by atoms with Gasteiger partial charge in [0.2, 0.25) is 5.13 Å². The zero-order valence-electron chi connectivity index (χ0n) is 25.0. The number of fused-ring (bicyclic) bond motifs is 1. The first-order valence-corrected chi connectivity index (χ1v) is 16.0. The number of amides is 1. The molecule has 0 spiro atoms. The molecular weight excluding hydrogens is 630 g/mol. The minimum atomic E-state index is -1.13. The maximum Gasteiger partial charge on any atom is 0.301 e. The fourth-order valence-corrected chi connectivity index (χ4v) is 7.23. The Morgan fingerprint density at radius 3 is 2.48 bits per heavy atom. The minimum Gasteiger partial charge on any atom is -0.507 e. The summed E-state index contributed by atoms with van der Waals surface area (Å²) >= 11 is 2.61. The van der Waals surface area contributed by atoms with Crippen LogP contribution in [0, 0.1) is 5.82 Å². The van der Waals surface area contributed by atoms with Crippen LogP contribution in [0.4, 0.5) is 9.52 Å². The van der Waals surface area contributed by atoms with Crippen molar-refractivity contribution >= 4 is 56.5 Å². The fraction of sp³-hybridized carbons (Fsp3) is 0.176. The maximum absolute atomic E-state index is 14.7. The van der Waals surface area contributed by atoms with Crippen LogP contribution < -0.4 is 19.1 Å². The Labute approximate surface area is 272 Å². The van der Waals surface area contributed by atoms with Crippen LogP contribution in [-0.4, -0.2) is 47.8 Å². The second kappa shape index (κ2) is 13.2. The number of aliphatic hydroxyl groups is 1. The Bertz CT molecular complexity index is 1990. The number of benzene rings is 4. The third-order valence-corrected chi connectivity index (χ3v) is 9.61. The van der Waals surface area contributed by atoms with Crippen LogP contribution in [-0.2, 0) is 15.3 Å². The molecular formula is C34H28FN3O6S2. The molecule has 9 nitrogen and oxygen atoms in total. The third kappa shape index (κ3) is 5.77. The van der Waals surface area contributed by atoms with Gasteiger partial charge in [-0.2, -0.15) is 0 Å². The average molecular weight is 658 g/mol. The molecule has 1 N–H and O–H groups in total. The second-order valence-corrected chi connectivity index (χ2v) is 12.3. The standard InChI is InChI=1S/C34H28FN3O6S2/c1-4-44-26-15-12-20(17-27(26)43-3)29-28(30(39)21-13-14-25(42-2)24(35)16-21)31(40)32(41)38(29)33-36-37-34(46-33)45-18-22-10-7-9-19-8-5-6-11-23(19)22/h5-17,29,39H,4,18H2,1-3H3. The monoisotopic (exact) mass is 657 g/mol. The van der Waals surface area contributed by atoms with E-state index in [2.05, 4.69) is 34.5 Å². The van der Waals surface area contributed by atoms with Gasteiger partial charge in [-0.25, -0.2) is 4.39 Å². The van der Waals surface area contributed by atoms with Crippen molar-refractivity contribution in [2.24, 2.45) is 0 Å². The van der Waals surface area contributed by atoms with Crippen molar-refractivity contribution < 1.29 is 33.3 Å². The van der Waals surface area contributed by atoms with E-state index >= 15 is 0 Å². The maximum atomic E-state index is 14.7. The van der Waals surface area contributed by atoms with Gasteiger partial charge in [-0.3, -0.25) is 14.5 Å². The van der Waals surface area contributed by atoms with Crippen molar-refractivity contribution in [3.05, 3.63) is 107 Å². The van der Waals surface area contributed by atoms with Crippen LogP contribution in [0.3, 0.4) is 0 Å². The van der Waals surface area contributed by atoms with Gasteiger partial charge in [0.1, 0.15) is 5.76 Å². The SMILES string of the molecule is CCOc1ccc(C2C(=C(O)c3ccc(OC)c(F)c3)C(=O)C(=O)N2c2nnc(SCc3cccc4ccccc34)s2)cc1OC. The Hall–Kier alpha value is -4.94. The lowest BCUT2D eigenvalue weighted by atomic mass is 9.95. The predicted molar refractivity (Wildman–Crippen MR) is 175 cm³/mol. The van der Waals surface area contributed by atoms with Crippen molar-refractivity contribution in [1.82, 2.24) is 10.2 Å². The lowest BCUT2D eigenvalue weighted by Gasteiger charge is -2.23. The number of halogens is 1.